The molecule has 2 aromatic heterocycles. The zero-order valence-electron chi connectivity index (χ0n) is 7.83. The molecule has 0 aliphatic carbocycles. The van der Waals surface area contributed by atoms with Gasteiger partial charge in [-0.15, -0.1) is 5.10 Å². The molecule has 74 valence electrons. The summed E-state index contributed by atoms with van der Waals surface area (Å²) in [7, 11) is 0. The minimum absolute atomic E-state index is 0.580. The summed E-state index contributed by atoms with van der Waals surface area (Å²) in [4.78, 5) is 0. The first-order chi connectivity index (χ1) is 7.43. The van der Waals surface area contributed by atoms with E-state index in [-0.39, 0.29) is 0 Å². The van der Waals surface area contributed by atoms with Crippen LogP contribution in [-0.4, -0.2) is 30.4 Å². The lowest BCUT2D eigenvalue weighted by molar-refractivity contribution is 0.656. The molecule has 0 fully saturated rings. The number of aromatic amines is 1. The van der Waals surface area contributed by atoms with Crippen molar-refractivity contribution in [3.8, 4) is 0 Å². The summed E-state index contributed by atoms with van der Waals surface area (Å²) in [5.74, 6) is 0. The Bertz CT molecular complexity index is 567. The second-order valence-electron chi connectivity index (χ2n) is 3.20. The van der Waals surface area contributed by atoms with Crippen molar-refractivity contribution in [2.45, 2.75) is 6.54 Å². The zero-order valence-corrected chi connectivity index (χ0v) is 7.83. The van der Waals surface area contributed by atoms with Crippen LogP contribution in [0, 0.1) is 0 Å². The molecule has 0 spiro atoms. The maximum absolute atomic E-state index is 4.06. The van der Waals surface area contributed by atoms with E-state index in [1.807, 2.05) is 24.3 Å². The molecular formula is C9H8N6. The van der Waals surface area contributed by atoms with Gasteiger partial charge in [-0.25, -0.2) is 4.68 Å². The number of hydrogen-bond acceptors (Lipinski definition) is 4. The molecule has 0 aliphatic heterocycles. The maximum atomic E-state index is 4.06. The number of hydrogen-bond donors (Lipinski definition) is 1. The summed E-state index contributed by atoms with van der Waals surface area (Å²) in [6.45, 7) is 0.580. The molecule has 0 radical (unpaired) electrons. The highest BCUT2D eigenvalue weighted by Gasteiger charge is 2.04. The topological polar surface area (TPSA) is 72.3 Å². The van der Waals surface area contributed by atoms with Gasteiger partial charge in [0.05, 0.1) is 18.3 Å². The molecule has 3 aromatic rings. The van der Waals surface area contributed by atoms with Crippen molar-refractivity contribution in [2.75, 3.05) is 0 Å². The van der Waals surface area contributed by atoms with Gasteiger partial charge in [-0.2, -0.15) is 15.4 Å². The third kappa shape index (κ3) is 1.35. The summed E-state index contributed by atoms with van der Waals surface area (Å²) in [6.07, 6.45) is 1.68. The number of H-pyrrole nitrogens is 1. The Morgan fingerprint density at radius 2 is 2.20 bits per heavy atom. The van der Waals surface area contributed by atoms with Crippen LogP contribution in [0.5, 0.6) is 0 Å². The largest absolute Gasteiger partial charge is 0.239 e. The molecule has 0 unspecified atom stereocenters. The van der Waals surface area contributed by atoms with Gasteiger partial charge in [0, 0.05) is 0 Å². The second kappa shape index (κ2) is 3.16. The van der Waals surface area contributed by atoms with Crippen LogP contribution in [0.15, 0.2) is 30.5 Å². The minimum atomic E-state index is 0.580. The minimum Gasteiger partial charge on any atom is -0.239 e. The Kier molecular flexibility index (Phi) is 1.71. The molecule has 0 saturated heterocycles. The molecule has 6 heteroatoms. The standard InChI is InChI=1S/C9H8N6/c1-2-4-9-8(3-1)12-14-15(9)6-7-5-10-13-11-7/h1-5H,6H2,(H,10,11,13). The highest BCUT2D eigenvalue weighted by molar-refractivity contribution is 5.73. The van der Waals surface area contributed by atoms with E-state index < -0.39 is 0 Å². The number of para-hydroxylation sites is 1. The molecule has 0 atom stereocenters. The number of aromatic nitrogens is 6. The molecule has 1 N–H and O–H groups in total. The van der Waals surface area contributed by atoms with Crippen LogP contribution in [0.25, 0.3) is 11.0 Å². The molecule has 0 bridgehead atoms. The summed E-state index contributed by atoms with van der Waals surface area (Å²) in [5.41, 5.74) is 2.73. The van der Waals surface area contributed by atoms with E-state index in [0.29, 0.717) is 6.54 Å². The van der Waals surface area contributed by atoms with Gasteiger partial charge < -0.3 is 0 Å². The summed E-state index contributed by atoms with van der Waals surface area (Å²) in [5, 5.41) is 18.4. The van der Waals surface area contributed by atoms with Crippen LogP contribution in [-0.2, 0) is 6.54 Å². The average Bonchev–Trinajstić information content (AvgIpc) is 2.89. The van der Waals surface area contributed by atoms with Crippen molar-refractivity contribution >= 4 is 11.0 Å². The van der Waals surface area contributed by atoms with Crippen molar-refractivity contribution in [3.05, 3.63) is 36.2 Å². The molecule has 0 aliphatic rings. The maximum Gasteiger partial charge on any atom is 0.113 e. The zero-order chi connectivity index (χ0) is 10.1. The molecule has 1 aromatic carbocycles. The number of nitrogens with one attached hydrogen (secondary N) is 1. The first kappa shape index (κ1) is 8.10. The Morgan fingerprint density at radius 3 is 3.07 bits per heavy atom. The molecule has 0 saturated carbocycles. The van der Waals surface area contributed by atoms with Gasteiger partial charge in [-0.05, 0) is 12.1 Å². The highest BCUT2D eigenvalue weighted by atomic mass is 15.4. The molecule has 15 heavy (non-hydrogen) atoms. The fourth-order valence-electron chi connectivity index (χ4n) is 1.49. The van der Waals surface area contributed by atoms with E-state index in [9.17, 15) is 0 Å². The third-order valence-electron chi connectivity index (χ3n) is 2.20. The number of fused-ring (bicyclic) bond motifs is 1. The van der Waals surface area contributed by atoms with Crippen molar-refractivity contribution < 1.29 is 0 Å². The van der Waals surface area contributed by atoms with Gasteiger partial charge in [0.1, 0.15) is 11.2 Å². The normalized spacial score (nSPS) is 10.9. The molecule has 2 heterocycles. The lowest BCUT2D eigenvalue weighted by Crippen LogP contribution is -2.02. The fraction of sp³-hybridized carbons (Fsp3) is 0.111. The molecular weight excluding hydrogens is 192 g/mol. The molecule has 6 nitrogen and oxygen atoms in total. The van der Waals surface area contributed by atoms with Crippen LogP contribution in [0.4, 0.5) is 0 Å². The molecule has 3 rings (SSSR count). The van der Waals surface area contributed by atoms with E-state index in [0.717, 1.165) is 16.7 Å². The Balaban J connectivity index is 2.05. The van der Waals surface area contributed by atoms with E-state index in [1.165, 1.54) is 0 Å². The van der Waals surface area contributed by atoms with Crippen LogP contribution in [0.1, 0.15) is 5.69 Å². The quantitative estimate of drug-likeness (QED) is 0.657. The van der Waals surface area contributed by atoms with E-state index in [4.69, 9.17) is 0 Å². The van der Waals surface area contributed by atoms with Crippen molar-refractivity contribution in [2.24, 2.45) is 0 Å². The monoisotopic (exact) mass is 200 g/mol. The fourth-order valence-corrected chi connectivity index (χ4v) is 1.49. The predicted molar refractivity (Wildman–Crippen MR) is 53.0 cm³/mol. The van der Waals surface area contributed by atoms with Crippen molar-refractivity contribution in [1.82, 2.24) is 30.4 Å². The van der Waals surface area contributed by atoms with Crippen LogP contribution < -0.4 is 0 Å². The van der Waals surface area contributed by atoms with Crippen molar-refractivity contribution in [1.29, 1.82) is 0 Å². The summed E-state index contributed by atoms with van der Waals surface area (Å²) in [6, 6.07) is 7.82. The number of nitrogens with zero attached hydrogens (tertiary/aromatic N) is 5. The van der Waals surface area contributed by atoms with Gasteiger partial charge >= 0.3 is 0 Å². The van der Waals surface area contributed by atoms with Gasteiger partial charge in [0.15, 0.2) is 0 Å². The smallest absolute Gasteiger partial charge is 0.113 e. The first-order valence-electron chi connectivity index (χ1n) is 4.56. The molecule has 0 amide bonds. The van der Waals surface area contributed by atoms with E-state index in [1.54, 1.807) is 10.9 Å². The predicted octanol–water partition coefficient (Wildman–Crippen LogP) is 0.598. The lowest BCUT2D eigenvalue weighted by atomic mass is 10.3. The van der Waals surface area contributed by atoms with Gasteiger partial charge in [-0.3, -0.25) is 0 Å². The van der Waals surface area contributed by atoms with E-state index >= 15 is 0 Å². The van der Waals surface area contributed by atoms with Gasteiger partial charge in [-0.1, -0.05) is 17.3 Å². The van der Waals surface area contributed by atoms with Gasteiger partial charge in [0.25, 0.3) is 0 Å². The van der Waals surface area contributed by atoms with Crippen LogP contribution in [0.2, 0.25) is 0 Å². The van der Waals surface area contributed by atoms with E-state index in [2.05, 4.69) is 25.7 Å². The number of benzene rings is 1. The van der Waals surface area contributed by atoms with Crippen LogP contribution >= 0.6 is 0 Å². The highest BCUT2D eigenvalue weighted by Crippen LogP contribution is 2.10. The average molecular weight is 200 g/mol. The Labute approximate surface area is 84.9 Å². The van der Waals surface area contributed by atoms with Crippen molar-refractivity contribution in [3.63, 3.8) is 0 Å². The first-order valence-corrected chi connectivity index (χ1v) is 4.56. The number of rotatable bonds is 2. The summed E-state index contributed by atoms with van der Waals surface area (Å²) < 4.78 is 1.80. The SMILES string of the molecule is c1ccc2c(c1)nnn2Cc1cn[nH]n1. The van der Waals surface area contributed by atoms with Crippen LogP contribution in [0.3, 0.4) is 0 Å². The lowest BCUT2D eigenvalue weighted by Gasteiger charge is -1.97. The second-order valence-corrected chi connectivity index (χ2v) is 3.20. The van der Waals surface area contributed by atoms with Gasteiger partial charge in [0.2, 0.25) is 0 Å². The Hall–Kier alpha value is -2.24. The Morgan fingerprint density at radius 1 is 1.27 bits per heavy atom. The third-order valence-corrected chi connectivity index (χ3v) is 2.20. The summed E-state index contributed by atoms with van der Waals surface area (Å²) >= 11 is 0.